The van der Waals surface area contributed by atoms with E-state index in [2.05, 4.69) is 31.1 Å². The van der Waals surface area contributed by atoms with Crippen molar-refractivity contribution < 1.29 is 9.18 Å². The molecular formula is C22H28FN7O. The van der Waals surface area contributed by atoms with Crippen LogP contribution in [0.2, 0.25) is 0 Å². The molecule has 0 spiro atoms. The molecule has 164 valence electrons. The maximum atomic E-state index is 13.4. The van der Waals surface area contributed by atoms with Gasteiger partial charge in [-0.05, 0) is 73.1 Å². The number of halogens is 1. The molecular weight excluding hydrogens is 397 g/mol. The van der Waals surface area contributed by atoms with Gasteiger partial charge in [0.25, 0.3) is 0 Å². The number of urea groups is 1. The minimum absolute atomic E-state index is 0.173. The van der Waals surface area contributed by atoms with Crippen molar-refractivity contribution >= 4 is 11.7 Å². The minimum Gasteiger partial charge on any atom is -0.338 e. The number of rotatable bonds is 9. The molecule has 8 nitrogen and oxygen atoms in total. The molecule has 0 radical (unpaired) electrons. The highest BCUT2D eigenvalue weighted by Crippen LogP contribution is 2.19. The number of anilines is 1. The van der Waals surface area contributed by atoms with Gasteiger partial charge < -0.3 is 15.5 Å². The Hall–Kier alpha value is -3.33. The van der Waals surface area contributed by atoms with Gasteiger partial charge in [0.2, 0.25) is 0 Å². The Kier molecular flexibility index (Phi) is 7.66. The fraction of sp³-hybridized carbons (Fsp3) is 0.364. The molecule has 0 aliphatic rings. The third-order valence-electron chi connectivity index (χ3n) is 4.93. The average molecular weight is 426 g/mol. The Balaban J connectivity index is 1.36. The summed E-state index contributed by atoms with van der Waals surface area (Å²) in [4.78, 5) is 14.4. The van der Waals surface area contributed by atoms with E-state index >= 15 is 0 Å². The van der Waals surface area contributed by atoms with Crippen molar-refractivity contribution in [3.63, 3.8) is 0 Å². The van der Waals surface area contributed by atoms with Crippen molar-refractivity contribution in [2.45, 2.75) is 26.3 Å². The van der Waals surface area contributed by atoms with E-state index in [1.54, 1.807) is 18.7 Å². The highest BCUT2D eigenvalue weighted by atomic mass is 19.1. The van der Waals surface area contributed by atoms with Crippen LogP contribution in [0.4, 0.5) is 14.9 Å². The second-order valence-corrected chi connectivity index (χ2v) is 7.62. The lowest BCUT2D eigenvalue weighted by Crippen LogP contribution is -2.30. The standard InChI is InChI=1S/C22H28FN7O/c1-16-13-17(9-10-20(16)23)15-29(2)12-5-4-11-24-22(31)25-19-8-6-7-18(14-19)21-26-27-28-30(21)3/h6-10,13-14H,4-5,11-12,15H2,1-3H3,(H2,24,25,31). The lowest BCUT2D eigenvalue weighted by Gasteiger charge is -2.17. The van der Waals surface area contributed by atoms with Gasteiger partial charge in [-0.15, -0.1) is 5.10 Å². The molecule has 0 unspecified atom stereocenters. The van der Waals surface area contributed by atoms with Crippen LogP contribution in [0.1, 0.15) is 24.0 Å². The van der Waals surface area contributed by atoms with Gasteiger partial charge in [0.05, 0.1) is 0 Å². The van der Waals surface area contributed by atoms with E-state index in [0.29, 0.717) is 23.6 Å². The molecule has 2 aromatic carbocycles. The van der Waals surface area contributed by atoms with Crippen molar-refractivity contribution in [2.24, 2.45) is 7.05 Å². The van der Waals surface area contributed by atoms with Crippen molar-refractivity contribution in [1.29, 1.82) is 0 Å². The van der Waals surface area contributed by atoms with Crippen LogP contribution in [0.5, 0.6) is 0 Å². The summed E-state index contributed by atoms with van der Waals surface area (Å²) in [6, 6.07) is 12.4. The summed E-state index contributed by atoms with van der Waals surface area (Å²) in [6.45, 7) is 4.03. The van der Waals surface area contributed by atoms with Crippen molar-refractivity contribution in [1.82, 2.24) is 30.4 Å². The van der Waals surface area contributed by atoms with E-state index < -0.39 is 0 Å². The van der Waals surface area contributed by atoms with E-state index in [1.165, 1.54) is 6.07 Å². The Labute approximate surface area is 181 Å². The number of aryl methyl sites for hydroxylation is 2. The van der Waals surface area contributed by atoms with Gasteiger partial charge in [-0.1, -0.05) is 24.3 Å². The van der Waals surface area contributed by atoms with Crippen LogP contribution >= 0.6 is 0 Å². The van der Waals surface area contributed by atoms with Crippen LogP contribution in [-0.4, -0.2) is 51.3 Å². The molecule has 2 N–H and O–H groups in total. The first-order valence-electron chi connectivity index (χ1n) is 10.2. The predicted octanol–water partition coefficient (Wildman–Crippen LogP) is 3.36. The first kappa shape index (κ1) is 22.4. The molecule has 0 atom stereocenters. The number of hydrogen-bond acceptors (Lipinski definition) is 5. The largest absolute Gasteiger partial charge is 0.338 e. The SMILES string of the molecule is Cc1cc(CN(C)CCCCNC(=O)Nc2cccc(-c3nnnn3C)c2)ccc1F. The monoisotopic (exact) mass is 425 g/mol. The van der Waals surface area contributed by atoms with E-state index in [-0.39, 0.29) is 11.8 Å². The molecule has 0 bridgehead atoms. The van der Waals surface area contributed by atoms with Crippen molar-refractivity contribution in [3.8, 4) is 11.4 Å². The number of tetrazole rings is 1. The molecule has 31 heavy (non-hydrogen) atoms. The molecule has 1 aromatic heterocycles. The quantitative estimate of drug-likeness (QED) is 0.513. The number of carbonyl (C=O) groups is 1. The summed E-state index contributed by atoms with van der Waals surface area (Å²) in [5, 5.41) is 17.1. The topological polar surface area (TPSA) is 88.0 Å². The third-order valence-corrected chi connectivity index (χ3v) is 4.93. The number of nitrogens with one attached hydrogen (secondary N) is 2. The first-order valence-corrected chi connectivity index (χ1v) is 10.2. The molecule has 3 rings (SSSR count). The molecule has 0 saturated carbocycles. The summed E-state index contributed by atoms with van der Waals surface area (Å²) >= 11 is 0. The second kappa shape index (κ2) is 10.6. The number of carbonyl (C=O) groups excluding carboxylic acids is 1. The lowest BCUT2D eigenvalue weighted by atomic mass is 10.1. The predicted molar refractivity (Wildman–Crippen MR) is 118 cm³/mol. The highest BCUT2D eigenvalue weighted by molar-refractivity contribution is 5.89. The smallest absolute Gasteiger partial charge is 0.319 e. The molecule has 0 saturated heterocycles. The zero-order chi connectivity index (χ0) is 22.2. The Morgan fingerprint density at radius 2 is 2.03 bits per heavy atom. The van der Waals surface area contributed by atoms with Crippen LogP contribution in [0.15, 0.2) is 42.5 Å². The molecule has 1 heterocycles. The third kappa shape index (κ3) is 6.58. The van der Waals surface area contributed by atoms with Crippen molar-refractivity contribution in [2.75, 3.05) is 25.5 Å². The minimum atomic E-state index is -0.247. The Morgan fingerprint density at radius 1 is 1.19 bits per heavy atom. The number of aromatic nitrogens is 4. The van der Waals surface area contributed by atoms with E-state index in [9.17, 15) is 9.18 Å². The fourth-order valence-electron chi connectivity index (χ4n) is 3.29. The highest BCUT2D eigenvalue weighted by Gasteiger charge is 2.08. The molecule has 0 fully saturated rings. The summed E-state index contributed by atoms with van der Waals surface area (Å²) in [7, 11) is 3.80. The lowest BCUT2D eigenvalue weighted by molar-refractivity contribution is 0.251. The van der Waals surface area contributed by atoms with Gasteiger partial charge in [-0.3, -0.25) is 0 Å². The zero-order valence-corrected chi connectivity index (χ0v) is 18.1. The van der Waals surface area contributed by atoms with Crippen molar-refractivity contribution in [3.05, 3.63) is 59.4 Å². The zero-order valence-electron chi connectivity index (χ0n) is 18.1. The number of nitrogens with zero attached hydrogens (tertiary/aromatic N) is 5. The average Bonchev–Trinajstić information content (AvgIpc) is 3.16. The van der Waals surface area contributed by atoms with Crippen LogP contribution in [0.3, 0.4) is 0 Å². The molecule has 0 aliphatic carbocycles. The van der Waals surface area contributed by atoms with E-state index in [1.807, 2.05) is 43.4 Å². The van der Waals surface area contributed by atoms with E-state index in [0.717, 1.165) is 37.1 Å². The van der Waals surface area contributed by atoms with Crippen LogP contribution in [0, 0.1) is 12.7 Å². The maximum Gasteiger partial charge on any atom is 0.319 e. The fourth-order valence-corrected chi connectivity index (χ4v) is 3.29. The van der Waals surface area contributed by atoms with Gasteiger partial charge in [-0.25, -0.2) is 13.9 Å². The number of amides is 2. The van der Waals surface area contributed by atoms with Gasteiger partial charge in [0.15, 0.2) is 5.82 Å². The summed E-state index contributed by atoms with van der Waals surface area (Å²) in [5.74, 6) is 0.456. The molecule has 2 amide bonds. The van der Waals surface area contributed by atoms with Gasteiger partial charge in [-0.2, -0.15) is 0 Å². The Morgan fingerprint density at radius 3 is 2.77 bits per heavy atom. The normalized spacial score (nSPS) is 11.0. The van der Waals surface area contributed by atoms with Crippen LogP contribution in [0.25, 0.3) is 11.4 Å². The summed E-state index contributed by atoms with van der Waals surface area (Å²) in [6.07, 6.45) is 1.82. The van der Waals surface area contributed by atoms with E-state index in [4.69, 9.17) is 0 Å². The second-order valence-electron chi connectivity index (χ2n) is 7.62. The Bertz CT molecular complexity index is 1020. The molecule has 0 aliphatic heterocycles. The summed E-state index contributed by atoms with van der Waals surface area (Å²) in [5.41, 5.74) is 3.26. The molecule has 9 heteroatoms. The first-order chi connectivity index (χ1) is 14.9. The number of hydrogen-bond donors (Lipinski definition) is 2. The van der Waals surface area contributed by atoms with Crippen LogP contribution < -0.4 is 10.6 Å². The van der Waals surface area contributed by atoms with Crippen LogP contribution in [-0.2, 0) is 13.6 Å². The number of benzene rings is 2. The maximum absolute atomic E-state index is 13.4. The summed E-state index contributed by atoms with van der Waals surface area (Å²) < 4.78 is 14.9. The van der Waals surface area contributed by atoms with Gasteiger partial charge in [0, 0.05) is 31.4 Å². The van der Waals surface area contributed by atoms with Gasteiger partial charge >= 0.3 is 6.03 Å². The van der Waals surface area contributed by atoms with Gasteiger partial charge in [0.1, 0.15) is 5.82 Å². The number of unbranched alkanes of at least 4 members (excludes halogenated alkanes) is 1. The molecule has 3 aromatic rings.